The van der Waals surface area contributed by atoms with Gasteiger partial charge in [0.15, 0.2) is 17.5 Å². The van der Waals surface area contributed by atoms with Gasteiger partial charge in [-0.05, 0) is 31.0 Å². The lowest BCUT2D eigenvalue weighted by Gasteiger charge is -2.33. The van der Waals surface area contributed by atoms with Crippen LogP contribution in [0.1, 0.15) is 44.0 Å². The van der Waals surface area contributed by atoms with Crippen LogP contribution < -0.4 is 4.90 Å². The first-order valence-corrected chi connectivity index (χ1v) is 9.81. The van der Waals surface area contributed by atoms with Crippen molar-refractivity contribution in [3.63, 3.8) is 0 Å². The van der Waals surface area contributed by atoms with E-state index in [1.165, 1.54) is 0 Å². The average molecular weight is 421 g/mol. The van der Waals surface area contributed by atoms with Crippen LogP contribution in [0.2, 0.25) is 0 Å². The number of carbonyl (C=O) groups is 2. The highest BCUT2D eigenvalue weighted by Gasteiger charge is 2.43. The third-order valence-corrected chi connectivity index (χ3v) is 5.95. The van der Waals surface area contributed by atoms with Gasteiger partial charge in [0, 0.05) is 24.4 Å². The Bertz CT molecular complexity index is 1010. The number of halogens is 3. The molecule has 1 saturated heterocycles. The summed E-state index contributed by atoms with van der Waals surface area (Å²) < 4.78 is 45.6. The Morgan fingerprint density at radius 1 is 1.27 bits per heavy atom. The van der Waals surface area contributed by atoms with Gasteiger partial charge in [-0.25, -0.2) is 13.2 Å². The summed E-state index contributed by atoms with van der Waals surface area (Å²) in [6, 6.07) is 1.43. The quantitative estimate of drug-likeness (QED) is 0.713. The second-order valence-corrected chi connectivity index (χ2v) is 8.63. The minimum absolute atomic E-state index is 0.0522. The summed E-state index contributed by atoms with van der Waals surface area (Å²) in [6.45, 7) is 6.26. The standard InChI is InChI=1S/C21H22F3N3O3/c1-11-6-16-13(19(30-25-16)26-5-4-21(2,3)20(26)29)10-27(11)17(28)9-12-7-14(22)18(24)15(23)8-12/h7-8,11H,4-6,9-10H2,1-3H3/t11-/m0/s1. The maximum atomic E-state index is 13.5. The molecule has 3 heterocycles. The fourth-order valence-corrected chi connectivity index (χ4v) is 4.06. The summed E-state index contributed by atoms with van der Waals surface area (Å²) in [6.07, 6.45) is 0.842. The lowest BCUT2D eigenvalue weighted by molar-refractivity contribution is -0.133. The van der Waals surface area contributed by atoms with Crippen molar-refractivity contribution < 1.29 is 27.3 Å². The number of hydrogen-bond donors (Lipinski definition) is 0. The smallest absolute Gasteiger partial charge is 0.239 e. The first-order chi connectivity index (χ1) is 14.1. The molecule has 160 valence electrons. The van der Waals surface area contributed by atoms with Crippen LogP contribution in [0.15, 0.2) is 16.7 Å². The fraction of sp³-hybridized carbons (Fsp3) is 0.476. The van der Waals surface area contributed by atoms with Crippen LogP contribution in [0.3, 0.4) is 0 Å². The fourth-order valence-electron chi connectivity index (χ4n) is 4.06. The Labute approximate surface area is 171 Å². The zero-order chi connectivity index (χ0) is 21.8. The molecule has 0 saturated carbocycles. The Morgan fingerprint density at radius 2 is 1.93 bits per heavy atom. The number of fused-ring (bicyclic) bond motifs is 1. The SMILES string of the molecule is C[C@H]1Cc2noc(N3CCC(C)(C)C3=O)c2CN1C(=O)Cc1cc(F)c(F)c(F)c1. The molecule has 9 heteroatoms. The number of hydrogen-bond acceptors (Lipinski definition) is 4. The van der Waals surface area contributed by atoms with Crippen molar-refractivity contribution in [2.24, 2.45) is 5.41 Å². The van der Waals surface area contributed by atoms with Gasteiger partial charge >= 0.3 is 0 Å². The predicted octanol–water partition coefficient (Wildman–Crippen LogP) is 3.37. The van der Waals surface area contributed by atoms with E-state index in [-0.39, 0.29) is 36.4 Å². The van der Waals surface area contributed by atoms with Gasteiger partial charge in [-0.2, -0.15) is 0 Å². The van der Waals surface area contributed by atoms with Crippen molar-refractivity contribution in [1.82, 2.24) is 10.1 Å². The third kappa shape index (κ3) is 3.36. The van der Waals surface area contributed by atoms with Gasteiger partial charge in [0.25, 0.3) is 0 Å². The zero-order valence-corrected chi connectivity index (χ0v) is 17.0. The van der Waals surface area contributed by atoms with Gasteiger partial charge in [-0.1, -0.05) is 19.0 Å². The molecule has 0 radical (unpaired) electrons. The van der Waals surface area contributed by atoms with E-state index in [2.05, 4.69) is 5.16 Å². The third-order valence-electron chi connectivity index (χ3n) is 5.95. The number of benzene rings is 1. The zero-order valence-electron chi connectivity index (χ0n) is 17.0. The van der Waals surface area contributed by atoms with Gasteiger partial charge < -0.3 is 9.42 Å². The van der Waals surface area contributed by atoms with Crippen LogP contribution in [0, 0.1) is 22.9 Å². The molecule has 30 heavy (non-hydrogen) atoms. The van der Waals surface area contributed by atoms with Crippen molar-refractivity contribution in [3.8, 4) is 0 Å². The highest BCUT2D eigenvalue weighted by atomic mass is 19.2. The first-order valence-electron chi connectivity index (χ1n) is 9.81. The largest absolute Gasteiger partial charge is 0.338 e. The molecule has 0 N–H and O–H groups in total. The van der Waals surface area contributed by atoms with E-state index in [0.717, 1.165) is 12.1 Å². The molecule has 6 nitrogen and oxygen atoms in total. The number of amides is 2. The summed E-state index contributed by atoms with van der Waals surface area (Å²) in [5, 5.41) is 4.10. The lowest BCUT2D eigenvalue weighted by Crippen LogP contribution is -2.43. The highest BCUT2D eigenvalue weighted by molar-refractivity contribution is 5.99. The van der Waals surface area contributed by atoms with Gasteiger partial charge in [0.05, 0.1) is 24.2 Å². The second-order valence-electron chi connectivity index (χ2n) is 8.63. The number of aromatic nitrogens is 1. The number of nitrogens with zero attached hydrogens (tertiary/aromatic N) is 3. The summed E-state index contributed by atoms with van der Waals surface area (Å²) in [4.78, 5) is 28.7. The van der Waals surface area contributed by atoms with E-state index in [4.69, 9.17) is 4.52 Å². The lowest BCUT2D eigenvalue weighted by atomic mass is 9.92. The Balaban J connectivity index is 1.57. The molecule has 0 aliphatic carbocycles. The normalized spacial score (nSPS) is 20.6. The molecule has 2 aromatic rings. The summed E-state index contributed by atoms with van der Waals surface area (Å²) in [5.41, 5.74) is 0.923. The van der Waals surface area contributed by atoms with Crippen molar-refractivity contribution >= 4 is 17.7 Å². The van der Waals surface area contributed by atoms with Crippen molar-refractivity contribution in [3.05, 3.63) is 46.4 Å². The second kappa shape index (κ2) is 7.14. The Morgan fingerprint density at radius 3 is 2.53 bits per heavy atom. The molecular formula is C21H22F3N3O3. The van der Waals surface area contributed by atoms with Crippen molar-refractivity contribution in [2.45, 2.75) is 52.6 Å². The minimum Gasteiger partial charge on any atom is -0.338 e. The van der Waals surface area contributed by atoms with Gasteiger partial charge in [0.2, 0.25) is 17.7 Å². The molecule has 0 unspecified atom stereocenters. The molecule has 2 aliphatic rings. The van der Waals surface area contributed by atoms with Crippen LogP contribution in [0.4, 0.5) is 19.1 Å². The highest BCUT2D eigenvalue weighted by Crippen LogP contribution is 2.38. The van der Waals surface area contributed by atoms with Gasteiger partial charge in [-0.3, -0.25) is 14.5 Å². The van der Waals surface area contributed by atoms with Gasteiger partial charge in [-0.15, -0.1) is 0 Å². The Kier molecular flexibility index (Phi) is 4.86. The van der Waals surface area contributed by atoms with Crippen LogP contribution in [0.5, 0.6) is 0 Å². The molecular weight excluding hydrogens is 399 g/mol. The Hall–Kier alpha value is -2.84. The van der Waals surface area contributed by atoms with Crippen LogP contribution in [-0.2, 0) is 29.0 Å². The van der Waals surface area contributed by atoms with Crippen molar-refractivity contribution in [2.75, 3.05) is 11.4 Å². The maximum absolute atomic E-state index is 13.5. The summed E-state index contributed by atoms with van der Waals surface area (Å²) in [7, 11) is 0. The average Bonchev–Trinajstić information content (AvgIpc) is 3.19. The first kappa shape index (κ1) is 20.4. The van der Waals surface area contributed by atoms with Crippen LogP contribution in [0.25, 0.3) is 0 Å². The molecule has 0 spiro atoms. The van der Waals surface area contributed by atoms with Gasteiger partial charge in [0.1, 0.15) is 0 Å². The van der Waals surface area contributed by atoms with E-state index in [1.807, 2.05) is 20.8 Å². The topological polar surface area (TPSA) is 66.7 Å². The molecule has 1 aromatic carbocycles. The molecule has 1 fully saturated rings. The number of rotatable bonds is 3. The summed E-state index contributed by atoms with van der Waals surface area (Å²) >= 11 is 0. The number of anilines is 1. The molecule has 1 atom stereocenters. The summed E-state index contributed by atoms with van der Waals surface area (Å²) in [5.74, 6) is -4.29. The maximum Gasteiger partial charge on any atom is 0.239 e. The molecule has 1 aromatic heterocycles. The van der Waals surface area contributed by atoms with E-state index in [9.17, 15) is 22.8 Å². The molecule has 4 rings (SSSR count). The molecule has 0 bridgehead atoms. The molecule has 2 amide bonds. The van der Waals surface area contributed by atoms with E-state index in [1.54, 1.807) is 9.80 Å². The predicted molar refractivity (Wildman–Crippen MR) is 101 cm³/mol. The number of carbonyl (C=O) groups excluding carboxylic acids is 2. The van der Waals surface area contributed by atoms with Crippen LogP contribution in [-0.4, -0.2) is 34.5 Å². The van der Waals surface area contributed by atoms with E-state index >= 15 is 0 Å². The minimum atomic E-state index is -1.56. The van der Waals surface area contributed by atoms with Crippen LogP contribution >= 0.6 is 0 Å². The van der Waals surface area contributed by atoms with E-state index in [0.29, 0.717) is 36.5 Å². The van der Waals surface area contributed by atoms with E-state index < -0.39 is 22.9 Å². The monoisotopic (exact) mass is 421 g/mol. The molecule has 2 aliphatic heterocycles. The van der Waals surface area contributed by atoms with Crippen molar-refractivity contribution in [1.29, 1.82) is 0 Å².